The molecule has 2 aromatic carbocycles. The maximum atomic E-state index is 12.7. The minimum Gasteiger partial charge on any atom is -0.379 e. The van der Waals surface area contributed by atoms with E-state index in [2.05, 4.69) is 5.32 Å². The fourth-order valence-electron chi connectivity index (χ4n) is 2.95. The van der Waals surface area contributed by atoms with Crippen LogP contribution >= 0.6 is 0 Å². The second kappa shape index (κ2) is 11.1. The first-order valence-electron chi connectivity index (χ1n) is 10.3. The van der Waals surface area contributed by atoms with E-state index in [-0.39, 0.29) is 28.4 Å². The molecule has 32 heavy (non-hydrogen) atoms. The molecular formula is C23H31N3O5S. The van der Waals surface area contributed by atoms with Gasteiger partial charge in [0, 0.05) is 38.2 Å². The third-order valence-corrected chi connectivity index (χ3v) is 5.83. The van der Waals surface area contributed by atoms with Gasteiger partial charge in [-0.2, -0.15) is 8.42 Å². The van der Waals surface area contributed by atoms with Crippen molar-refractivity contribution in [2.45, 2.75) is 32.2 Å². The Hall–Kier alpha value is -2.91. The zero-order valence-electron chi connectivity index (χ0n) is 19.2. The normalized spacial score (nSPS) is 11.5. The van der Waals surface area contributed by atoms with Crippen LogP contribution in [0.3, 0.4) is 0 Å². The Morgan fingerprint density at radius 2 is 1.69 bits per heavy atom. The first-order valence-corrected chi connectivity index (χ1v) is 11.7. The summed E-state index contributed by atoms with van der Waals surface area (Å²) in [6.07, 6.45) is 0. The highest BCUT2D eigenvalue weighted by Crippen LogP contribution is 2.22. The number of benzene rings is 2. The van der Waals surface area contributed by atoms with Gasteiger partial charge in [-0.15, -0.1) is 0 Å². The van der Waals surface area contributed by atoms with E-state index in [4.69, 9.17) is 4.18 Å². The first-order chi connectivity index (χ1) is 15.0. The number of carbonyl (C=O) groups excluding carboxylic acids is 2. The maximum absolute atomic E-state index is 12.7. The lowest BCUT2D eigenvalue weighted by atomic mass is 10.1. The summed E-state index contributed by atoms with van der Waals surface area (Å²) in [6.45, 7) is 6.72. The Morgan fingerprint density at radius 3 is 2.25 bits per heavy atom. The molecule has 0 aliphatic heterocycles. The maximum Gasteiger partial charge on any atom is 0.339 e. The zero-order valence-corrected chi connectivity index (χ0v) is 20.0. The average molecular weight is 462 g/mol. The number of anilines is 1. The fraction of sp³-hybridized carbons (Fsp3) is 0.391. The summed E-state index contributed by atoms with van der Waals surface area (Å²) in [5.41, 5.74) is 1.26. The van der Waals surface area contributed by atoms with Gasteiger partial charge in [-0.1, -0.05) is 26.0 Å². The Bertz CT molecular complexity index is 1030. The molecule has 0 unspecified atom stereocenters. The summed E-state index contributed by atoms with van der Waals surface area (Å²) in [7, 11) is -0.166. The molecule has 8 nitrogen and oxygen atoms in total. The summed E-state index contributed by atoms with van der Waals surface area (Å²) in [6, 6.07) is 12.4. The van der Waals surface area contributed by atoms with Gasteiger partial charge in [-0.25, -0.2) is 0 Å². The van der Waals surface area contributed by atoms with Crippen molar-refractivity contribution in [2.75, 3.05) is 32.5 Å². The molecule has 0 bridgehead atoms. The molecule has 0 aliphatic rings. The lowest BCUT2D eigenvalue weighted by Gasteiger charge is -2.26. The second-order valence-electron chi connectivity index (χ2n) is 8.11. The molecule has 2 aromatic rings. The van der Waals surface area contributed by atoms with Gasteiger partial charge in [-0.3, -0.25) is 9.59 Å². The van der Waals surface area contributed by atoms with Crippen LogP contribution in [0.2, 0.25) is 0 Å². The molecule has 1 N–H and O–H groups in total. The van der Waals surface area contributed by atoms with Gasteiger partial charge >= 0.3 is 10.1 Å². The van der Waals surface area contributed by atoms with Crippen molar-refractivity contribution in [1.82, 2.24) is 9.80 Å². The van der Waals surface area contributed by atoms with Gasteiger partial charge in [0.1, 0.15) is 10.6 Å². The SMILES string of the molecule is CC(=O)Nc1ccc(S(=O)(=O)Oc2cccc(CN(CCN(C)C)C(=O)C(C)C)c2)cc1. The van der Waals surface area contributed by atoms with Gasteiger partial charge in [0.15, 0.2) is 0 Å². The minimum atomic E-state index is -4.05. The standard InChI is InChI=1S/C23H31N3O5S/c1-17(2)23(28)26(14-13-25(4)5)16-19-7-6-8-21(15-19)31-32(29,30)22-11-9-20(10-12-22)24-18(3)27/h6-12,15,17H,13-14,16H2,1-5H3,(H,24,27). The van der Waals surface area contributed by atoms with Crippen LogP contribution in [0.1, 0.15) is 26.3 Å². The molecule has 0 radical (unpaired) electrons. The van der Waals surface area contributed by atoms with E-state index in [9.17, 15) is 18.0 Å². The van der Waals surface area contributed by atoms with E-state index in [1.165, 1.54) is 31.2 Å². The van der Waals surface area contributed by atoms with E-state index in [0.717, 1.165) is 12.1 Å². The molecule has 0 fully saturated rings. The third-order valence-electron chi connectivity index (χ3n) is 4.56. The Balaban J connectivity index is 2.16. The topological polar surface area (TPSA) is 96.0 Å². The average Bonchev–Trinajstić information content (AvgIpc) is 2.70. The molecule has 0 aromatic heterocycles. The molecule has 0 atom stereocenters. The van der Waals surface area contributed by atoms with Crippen molar-refractivity contribution < 1.29 is 22.2 Å². The van der Waals surface area contributed by atoms with Crippen molar-refractivity contribution in [2.24, 2.45) is 5.92 Å². The number of hydrogen-bond acceptors (Lipinski definition) is 6. The number of hydrogen-bond donors (Lipinski definition) is 1. The summed E-state index contributed by atoms with van der Waals surface area (Å²) in [5, 5.41) is 2.58. The number of likely N-dealkylation sites (N-methyl/N-ethyl adjacent to an activating group) is 1. The van der Waals surface area contributed by atoms with Gasteiger partial charge in [-0.05, 0) is 56.1 Å². The Kier molecular flexibility index (Phi) is 8.80. The lowest BCUT2D eigenvalue weighted by Crippen LogP contribution is -2.38. The smallest absolute Gasteiger partial charge is 0.339 e. The zero-order chi connectivity index (χ0) is 23.9. The number of nitrogens with zero attached hydrogens (tertiary/aromatic N) is 2. The van der Waals surface area contributed by atoms with Crippen LogP contribution < -0.4 is 9.50 Å². The highest BCUT2D eigenvalue weighted by molar-refractivity contribution is 7.87. The van der Waals surface area contributed by atoms with E-state index in [0.29, 0.717) is 18.8 Å². The van der Waals surface area contributed by atoms with Crippen LogP contribution in [0.4, 0.5) is 5.69 Å². The largest absolute Gasteiger partial charge is 0.379 e. The monoisotopic (exact) mass is 461 g/mol. The van der Waals surface area contributed by atoms with Crippen LogP contribution in [0.25, 0.3) is 0 Å². The van der Waals surface area contributed by atoms with Gasteiger partial charge < -0.3 is 19.3 Å². The van der Waals surface area contributed by atoms with Crippen LogP contribution in [0, 0.1) is 5.92 Å². The molecule has 0 saturated heterocycles. The van der Waals surface area contributed by atoms with E-state index < -0.39 is 10.1 Å². The lowest BCUT2D eigenvalue weighted by molar-refractivity contribution is -0.135. The molecule has 0 spiro atoms. The van der Waals surface area contributed by atoms with Gasteiger partial charge in [0.25, 0.3) is 0 Å². The Morgan fingerprint density at radius 1 is 1.03 bits per heavy atom. The highest BCUT2D eigenvalue weighted by Gasteiger charge is 2.19. The van der Waals surface area contributed by atoms with Crippen LogP contribution in [0.15, 0.2) is 53.4 Å². The van der Waals surface area contributed by atoms with Crippen molar-refractivity contribution in [1.29, 1.82) is 0 Å². The van der Waals surface area contributed by atoms with E-state index in [1.807, 2.05) is 38.9 Å². The summed E-state index contributed by atoms with van der Waals surface area (Å²) >= 11 is 0. The van der Waals surface area contributed by atoms with Crippen molar-refractivity contribution in [3.05, 3.63) is 54.1 Å². The number of amides is 2. The molecule has 0 heterocycles. The van der Waals surface area contributed by atoms with Crippen LogP contribution in [0.5, 0.6) is 5.75 Å². The first kappa shape index (κ1) is 25.4. The Labute approximate surface area is 190 Å². The molecule has 2 amide bonds. The van der Waals surface area contributed by atoms with Crippen LogP contribution in [-0.2, 0) is 26.3 Å². The fourth-order valence-corrected chi connectivity index (χ4v) is 3.87. The summed E-state index contributed by atoms with van der Waals surface area (Å²) in [4.78, 5) is 27.5. The summed E-state index contributed by atoms with van der Waals surface area (Å²) in [5.74, 6) is -0.190. The number of carbonyl (C=O) groups is 2. The van der Waals surface area contributed by atoms with E-state index >= 15 is 0 Å². The quantitative estimate of drug-likeness (QED) is 0.547. The molecular weight excluding hydrogens is 430 g/mol. The highest BCUT2D eigenvalue weighted by atomic mass is 32.2. The van der Waals surface area contributed by atoms with Crippen LogP contribution in [-0.4, -0.2) is 57.2 Å². The molecule has 0 saturated carbocycles. The molecule has 2 rings (SSSR count). The predicted octanol–water partition coefficient (Wildman–Crippen LogP) is 2.96. The van der Waals surface area contributed by atoms with Crippen molar-refractivity contribution >= 4 is 27.6 Å². The van der Waals surface area contributed by atoms with Gasteiger partial charge in [0.05, 0.1) is 0 Å². The van der Waals surface area contributed by atoms with E-state index in [1.54, 1.807) is 23.1 Å². The summed E-state index contributed by atoms with van der Waals surface area (Å²) < 4.78 is 30.6. The molecule has 0 aliphatic carbocycles. The minimum absolute atomic E-state index is 0.0281. The molecule has 174 valence electrons. The number of rotatable bonds is 10. The second-order valence-corrected chi connectivity index (χ2v) is 9.65. The van der Waals surface area contributed by atoms with Gasteiger partial charge in [0.2, 0.25) is 11.8 Å². The predicted molar refractivity (Wildman–Crippen MR) is 124 cm³/mol. The van der Waals surface area contributed by atoms with Crippen molar-refractivity contribution in [3.63, 3.8) is 0 Å². The van der Waals surface area contributed by atoms with Crippen molar-refractivity contribution in [3.8, 4) is 5.75 Å². The third kappa shape index (κ3) is 7.65. The number of nitrogens with one attached hydrogen (secondary N) is 1. The molecule has 9 heteroatoms.